The number of fused-ring (bicyclic) bond motifs is 9. The number of thiophene rings is 1. The summed E-state index contributed by atoms with van der Waals surface area (Å²) in [6.45, 7) is 4.75. The quantitative estimate of drug-likeness (QED) is 0.179. The summed E-state index contributed by atoms with van der Waals surface area (Å²) in [6, 6.07) is 58.6. The number of rotatable bonds is 4. The number of pyridine rings is 1. The highest BCUT2D eigenvalue weighted by Gasteiger charge is 2.36. The topological polar surface area (TPSA) is 17.8 Å². The minimum Gasteiger partial charge on any atom is -0.309 e. The average molecular weight is 695 g/mol. The summed E-state index contributed by atoms with van der Waals surface area (Å²) in [5.74, 6) is 0. The maximum atomic E-state index is 4.17. The molecule has 53 heavy (non-hydrogen) atoms. The number of aromatic nitrogens is 2. The molecule has 0 amide bonds. The second kappa shape index (κ2) is 11.4. The van der Waals surface area contributed by atoms with Crippen molar-refractivity contribution in [1.29, 1.82) is 0 Å². The smallest absolute Gasteiger partial charge is 0.0541 e. The molecular weight excluding hydrogens is 661 g/mol. The van der Waals surface area contributed by atoms with Crippen LogP contribution in [0.15, 0.2) is 170 Å². The first-order chi connectivity index (χ1) is 26.0. The van der Waals surface area contributed by atoms with Crippen LogP contribution in [0.3, 0.4) is 0 Å². The molecular formula is C50H34N2S. The van der Waals surface area contributed by atoms with Gasteiger partial charge in [-0.25, -0.2) is 0 Å². The van der Waals surface area contributed by atoms with Crippen molar-refractivity contribution < 1.29 is 0 Å². The second-order valence-corrected chi connectivity index (χ2v) is 15.9. The van der Waals surface area contributed by atoms with Crippen LogP contribution in [0.25, 0.3) is 92.2 Å². The predicted molar refractivity (Wildman–Crippen MR) is 225 cm³/mol. The molecule has 1 aliphatic carbocycles. The van der Waals surface area contributed by atoms with E-state index in [0.29, 0.717) is 0 Å². The van der Waals surface area contributed by atoms with Crippen LogP contribution in [0.2, 0.25) is 0 Å². The predicted octanol–water partition coefficient (Wildman–Crippen LogP) is 13.9. The fourth-order valence-electron chi connectivity index (χ4n) is 8.78. The molecule has 10 aromatic rings. The van der Waals surface area contributed by atoms with Gasteiger partial charge in [-0.15, -0.1) is 11.3 Å². The van der Waals surface area contributed by atoms with Crippen LogP contribution >= 0.6 is 11.3 Å². The molecule has 1 aliphatic rings. The Morgan fingerprint density at radius 3 is 1.55 bits per heavy atom. The first-order valence-electron chi connectivity index (χ1n) is 18.3. The summed E-state index contributed by atoms with van der Waals surface area (Å²) < 4.78 is 5.04. The van der Waals surface area contributed by atoms with Crippen molar-refractivity contribution in [2.75, 3.05) is 0 Å². The highest BCUT2D eigenvalue weighted by Crippen LogP contribution is 2.51. The highest BCUT2D eigenvalue weighted by atomic mass is 32.1. The van der Waals surface area contributed by atoms with Crippen LogP contribution in [-0.2, 0) is 5.41 Å². The van der Waals surface area contributed by atoms with E-state index < -0.39 is 0 Å². The Morgan fingerprint density at radius 2 is 0.906 bits per heavy atom. The minimum atomic E-state index is -0.113. The fraction of sp³-hybridized carbons (Fsp3) is 0.0600. The summed E-state index contributed by atoms with van der Waals surface area (Å²) >= 11 is 1.89. The molecule has 2 nitrogen and oxygen atoms in total. The number of nitrogens with zero attached hydrogens (tertiary/aromatic N) is 2. The molecule has 0 fully saturated rings. The molecule has 11 rings (SSSR count). The van der Waals surface area contributed by atoms with Crippen LogP contribution < -0.4 is 0 Å². The van der Waals surface area contributed by atoms with E-state index in [2.05, 4.69) is 181 Å². The molecule has 3 aromatic heterocycles. The maximum Gasteiger partial charge on any atom is 0.0541 e. The van der Waals surface area contributed by atoms with Gasteiger partial charge in [0.1, 0.15) is 0 Å². The molecule has 0 saturated heterocycles. The number of para-hydroxylation sites is 2. The summed E-state index contributed by atoms with van der Waals surface area (Å²) in [5.41, 5.74) is 16.4. The summed E-state index contributed by atoms with van der Waals surface area (Å²) in [7, 11) is 0. The van der Waals surface area contributed by atoms with Gasteiger partial charge in [-0.1, -0.05) is 117 Å². The van der Waals surface area contributed by atoms with E-state index in [1.54, 1.807) is 0 Å². The van der Waals surface area contributed by atoms with Gasteiger partial charge in [0, 0.05) is 54.4 Å². The van der Waals surface area contributed by atoms with Gasteiger partial charge in [0.15, 0.2) is 0 Å². The second-order valence-electron chi connectivity index (χ2n) is 14.8. The Bertz CT molecular complexity index is 3020. The third-order valence-electron chi connectivity index (χ3n) is 11.5. The standard InChI is InChI=1S/C50H34N2S/c1-50(2)44-27-34(32-13-11-31(12-14-32)33-23-25-51-26-24-33)15-19-38(44)39-20-16-35(28-45(39)50)36-17-21-42-43-22-18-37(30-49(43)53-48(42)29-36)52-46-9-5-3-7-40(46)41-8-4-6-10-47(41)52/h3-30H,1-2H3. The maximum absolute atomic E-state index is 4.17. The normalized spacial score (nSPS) is 13.2. The van der Waals surface area contributed by atoms with E-state index in [9.17, 15) is 0 Å². The van der Waals surface area contributed by atoms with Gasteiger partial charge in [-0.3, -0.25) is 4.98 Å². The van der Waals surface area contributed by atoms with Gasteiger partial charge < -0.3 is 4.57 Å². The third kappa shape index (κ3) is 4.61. The molecule has 0 radical (unpaired) electrons. The Kier molecular flexibility index (Phi) is 6.50. The molecule has 0 aliphatic heterocycles. The molecule has 250 valence electrons. The van der Waals surface area contributed by atoms with Gasteiger partial charge in [-0.2, -0.15) is 0 Å². The van der Waals surface area contributed by atoms with Crippen LogP contribution in [0.1, 0.15) is 25.0 Å². The third-order valence-corrected chi connectivity index (χ3v) is 12.7. The molecule has 7 aromatic carbocycles. The Labute approximate surface area is 312 Å². The Balaban J connectivity index is 0.941. The lowest BCUT2D eigenvalue weighted by Gasteiger charge is -2.22. The molecule has 3 heteroatoms. The van der Waals surface area contributed by atoms with Gasteiger partial charge in [0.2, 0.25) is 0 Å². The van der Waals surface area contributed by atoms with E-state index in [1.165, 1.54) is 103 Å². The van der Waals surface area contributed by atoms with Crippen molar-refractivity contribution in [3.05, 3.63) is 181 Å². The van der Waals surface area contributed by atoms with Crippen molar-refractivity contribution in [3.63, 3.8) is 0 Å². The minimum absolute atomic E-state index is 0.113. The van der Waals surface area contributed by atoms with Crippen LogP contribution in [-0.4, -0.2) is 9.55 Å². The molecule has 0 spiro atoms. The summed E-state index contributed by atoms with van der Waals surface area (Å²) in [5, 5.41) is 5.21. The largest absolute Gasteiger partial charge is 0.309 e. The van der Waals surface area contributed by atoms with E-state index in [4.69, 9.17) is 0 Å². The first kappa shape index (κ1) is 30.3. The molecule has 0 saturated carbocycles. The zero-order valence-electron chi connectivity index (χ0n) is 29.5. The van der Waals surface area contributed by atoms with Gasteiger partial charge in [-0.05, 0) is 110 Å². The number of hydrogen-bond acceptors (Lipinski definition) is 2. The Hall–Kier alpha value is -6.29. The molecule has 0 bridgehead atoms. The van der Waals surface area contributed by atoms with Crippen molar-refractivity contribution in [2.45, 2.75) is 19.3 Å². The Morgan fingerprint density at radius 1 is 0.434 bits per heavy atom. The van der Waals surface area contributed by atoms with Crippen molar-refractivity contribution >= 4 is 53.3 Å². The van der Waals surface area contributed by atoms with Crippen LogP contribution in [0.5, 0.6) is 0 Å². The molecule has 0 atom stereocenters. The van der Waals surface area contributed by atoms with Crippen molar-refractivity contribution in [2.24, 2.45) is 0 Å². The van der Waals surface area contributed by atoms with E-state index in [1.807, 2.05) is 23.7 Å². The monoisotopic (exact) mass is 694 g/mol. The zero-order chi connectivity index (χ0) is 35.3. The molecule has 3 heterocycles. The van der Waals surface area contributed by atoms with E-state index in [-0.39, 0.29) is 5.41 Å². The first-order valence-corrected chi connectivity index (χ1v) is 19.1. The van der Waals surface area contributed by atoms with Gasteiger partial charge in [0.05, 0.1) is 11.0 Å². The van der Waals surface area contributed by atoms with Crippen molar-refractivity contribution in [3.8, 4) is 50.2 Å². The lowest BCUT2D eigenvalue weighted by molar-refractivity contribution is 0.661. The number of benzene rings is 7. The van der Waals surface area contributed by atoms with Crippen molar-refractivity contribution in [1.82, 2.24) is 9.55 Å². The highest BCUT2D eigenvalue weighted by molar-refractivity contribution is 7.25. The van der Waals surface area contributed by atoms with Gasteiger partial charge >= 0.3 is 0 Å². The molecule has 0 unspecified atom stereocenters. The molecule has 0 N–H and O–H groups in total. The summed E-state index contributed by atoms with van der Waals surface area (Å²) in [6.07, 6.45) is 3.70. The average Bonchev–Trinajstić information content (AvgIpc) is 3.82. The lowest BCUT2D eigenvalue weighted by atomic mass is 9.81. The van der Waals surface area contributed by atoms with E-state index in [0.717, 1.165) is 0 Å². The number of hydrogen-bond donors (Lipinski definition) is 0. The lowest BCUT2D eigenvalue weighted by Crippen LogP contribution is -2.15. The SMILES string of the molecule is CC1(C)c2cc(-c3ccc(-c4ccncc4)cc3)ccc2-c2ccc(-c3ccc4c(c3)sc3cc(-n5c6ccccc6c6ccccc65)ccc34)cc21. The van der Waals surface area contributed by atoms with Gasteiger partial charge in [0.25, 0.3) is 0 Å². The van der Waals surface area contributed by atoms with Crippen LogP contribution in [0.4, 0.5) is 0 Å². The fourth-order valence-corrected chi connectivity index (χ4v) is 9.96. The van der Waals surface area contributed by atoms with Crippen LogP contribution in [0, 0.1) is 0 Å². The van der Waals surface area contributed by atoms with E-state index >= 15 is 0 Å². The summed E-state index contributed by atoms with van der Waals surface area (Å²) in [4.78, 5) is 4.17. The zero-order valence-corrected chi connectivity index (χ0v) is 30.3.